The van der Waals surface area contributed by atoms with Gasteiger partial charge in [0.25, 0.3) is 0 Å². The molecule has 2 N–H and O–H groups in total. The van der Waals surface area contributed by atoms with Crippen LogP contribution < -0.4 is 5.32 Å². The first-order valence-electron chi connectivity index (χ1n) is 10.3. The number of morpholine rings is 1. The fraction of sp³-hybridized carbons (Fsp3) is 0.435. The van der Waals surface area contributed by atoms with Gasteiger partial charge in [-0.2, -0.15) is 0 Å². The average Bonchev–Trinajstić information content (AvgIpc) is 2.73. The Labute approximate surface area is 194 Å². The van der Waals surface area contributed by atoms with Gasteiger partial charge in [-0.15, -0.1) is 12.4 Å². The van der Waals surface area contributed by atoms with E-state index in [0.717, 1.165) is 22.5 Å². The molecule has 1 atom stereocenters. The standard InChI is InChI=1S/C23H29N3O5.ClH/c1-16-12-19(13-17(2)24-16)15-31-22(29)25-23(3,14-18-4-6-20(27)7-5-18)21(28)26-8-10-30-11-9-26;/h4-7,12-13,27H,8-11,14-15H2,1-3H3,(H,25,29);1H/t23-;/m0./s1. The molecule has 0 aliphatic carbocycles. The van der Waals surface area contributed by atoms with E-state index in [-0.39, 0.29) is 37.1 Å². The van der Waals surface area contributed by atoms with Crippen molar-refractivity contribution in [1.29, 1.82) is 0 Å². The van der Waals surface area contributed by atoms with Gasteiger partial charge in [-0.1, -0.05) is 12.1 Å². The Morgan fingerprint density at radius 1 is 1.12 bits per heavy atom. The molecule has 1 aliphatic rings. The second-order valence-corrected chi connectivity index (χ2v) is 8.04. The number of phenols is 1. The summed E-state index contributed by atoms with van der Waals surface area (Å²) in [4.78, 5) is 32.0. The number of hydrogen-bond acceptors (Lipinski definition) is 6. The maximum atomic E-state index is 13.3. The minimum atomic E-state index is -1.21. The molecule has 1 aromatic carbocycles. The number of ether oxygens (including phenoxy) is 2. The van der Waals surface area contributed by atoms with E-state index in [9.17, 15) is 14.7 Å². The first-order valence-corrected chi connectivity index (χ1v) is 10.3. The van der Waals surface area contributed by atoms with Gasteiger partial charge in [0.05, 0.1) is 13.2 Å². The lowest BCUT2D eigenvalue weighted by molar-refractivity contribution is -0.141. The number of aromatic nitrogens is 1. The number of halogens is 1. The number of aromatic hydroxyl groups is 1. The predicted octanol–water partition coefficient (Wildman–Crippen LogP) is 2.91. The topological polar surface area (TPSA) is 101 Å². The highest BCUT2D eigenvalue weighted by atomic mass is 35.5. The Morgan fingerprint density at radius 3 is 2.31 bits per heavy atom. The molecule has 1 aromatic heterocycles. The van der Waals surface area contributed by atoms with Crippen molar-refractivity contribution in [1.82, 2.24) is 15.2 Å². The van der Waals surface area contributed by atoms with Crippen molar-refractivity contribution in [2.45, 2.75) is 39.3 Å². The SMILES string of the molecule is Cc1cc(COC(=O)N[C@@](C)(Cc2ccc(O)cc2)C(=O)N2CCOCC2)cc(C)n1.Cl. The van der Waals surface area contributed by atoms with Crippen LogP contribution in [0.25, 0.3) is 0 Å². The van der Waals surface area contributed by atoms with Crippen LogP contribution in [0.5, 0.6) is 5.75 Å². The number of phenolic OH excluding ortho intramolecular Hbond substituents is 1. The Morgan fingerprint density at radius 2 is 1.72 bits per heavy atom. The van der Waals surface area contributed by atoms with Crippen molar-refractivity contribution in [2.24, 2.45) is 0 Å². The zero-order valence-electron chi connectivity index (χ0n) is 18.6. The van der Waals surface area contributed by atoms with Crippen LogP contribution in [0.1, 0.15) is 29.4 Å². The van der Waals surface area contributed by atoms with E-state index in [1.165, 1.54) is 0 Å². The second kappa shape index (κ2) is 11.2. The molecule has 32 heavy (non-hydrogen) atoms. The molecule has 2 heterocycles. The summed E-state index contributed by atoms with van der Waals surface area (Å²) in [6, 6.07) is 10.3. The summed E-state index contributed by atoms with van der Waals surface area (Å²) in [6.45, 7) is 7.40. The number of carbonyl (C=O) groups is 2. The fourth-order valence-electron chi connectivity index (χ4n) is 3.73. The van der Waals surface area contributed by atoms with Gasteiger partial charge in [-0.3, -0.25) is 9.78 Å². The molecule has 3 rings (SSSR count). The number of benzene rings is 1. The maximum absolute atomic E-state index is 13.3. The number of hydrogen-bond donors (Lipinski definition) is 2. The van der Waals surface area contributed by atoms with Gasteiger partial charge in [0, 0.05) is 30.9 Å². The second-order valence-electron chi connectivity index (χ2n) is 8.04. The number of nitrogens with zero attached hydrogens (tertiary/aromatic N) is 2. The van der Waals surface area contributed by atoms with Crippen molar-refractivity contribution in [3.63, 3.8) is 0 Å². The molecule has 9 heteroatoms. The minimum Gasteiger partial charge on any atom is -0.508 e. The van der Waals surface area contributed by atoms with Crippen LogP contribution in [0, 0.1) is 13.8 Å². The van der Waals surface area contributed by atoms with E-state index < -0.39 is 11.6 Å². The lowest BCUT2D eigenvalue weighted by atomic mass is 9.91. The summed E-state index contributed by atoms with van der Waals surface area (Å²) >= 11 is 0. The lowest BCUT2D eigenvalue weighted by Crippen LogP contribution is -2.60. The van der Waals surface area contributed by atoms with Crippen molar-refractivity contribution in [3.8, 4) is 5.75 Å². The molecule has 0 radical (unpaired) electrons. The van der Waals surface area contributed by atoms with Crippen LogP contribution in [0.2, 0.25) is 0 Å². The summed E-state index contributed by atoms with van der Waals surface area (Å²) in [5.41, 5.74) is 2.12. The van der Waals surface area contributed by atoms with Gasteiger partial charge in [0.15, 0.2) is 0 Å². The maximum Gasteiger partial charge on any atom is 0.408 e. The molecular formula is C23H30ClN3O5. The number of alkyl carbamates (subject to hydrolysis) is 1. The molecule has 8 nitrogen and oxygen atoms in total. The fourth-order valence-corrected chi connectivity index (χ4v) is 3.73. The van der Waals surface area contributed by atoms with Crippen molar-refractivity contribution in [2.75, 3.05) is 26.3 Å². The van der Waals surface area contributed by atoms with Crippen LogP contribution in [0.15, 0.2) is 36.4 Å². The summed E-state index contributed by atoms with van der Waals surface area (Å²) in [5, 5.41) is 12.3. The van der Waals surface area contributed by atoms with E-state index in [2.05, 4.69) is 10.3 Å². The third-order valence-corrected chi connectivity index (χ3v) is 5.15. The molecule has 0 saturated carbocycles. The first-order chi connectivity index (χ1) is 14.7. The number of carbonyl (C=O) groups excluding carboxylic acids is 2. The normalized spacial score (nSPS) is 15.3. The van der Waals surface area contributed by atoms with E-state index in [1.807, 2.05) is 26.0 Å². The summed E-state index contributed by atoms with van der Waals surface area (Å²) < 4.78 is 10.8. The number of rotatable bonds is 6. The Balaban J connectivity index is 0.00000363. The quantitative estimate of drug-likeness (QED) is 0.683. The molecule has 1 saturated heterocycles. The monoisotopic (exact) mass is 463 g/mol. The van der Waals surface area contributed by atoms with E-state index in [0.29, 0.717) is 26.3 Å². The number of nitrogens with one attached hydrogen (secondary N) is 1. The molecule has 0 unspecified atom stereocenters. The van der Waals surface area contributed by atoms with Crippen LogP contribution in [-0.4, -0.2) is 58.8 Å². The summed E-state index contributed by atoms with van der Waals surface area (Å²) in [6.07, 6.45) is -0.415. The molecule has 0 spiro atoms. The van der Waals surface area contributed by atoms with Crippen LogP contribution in [-0.2, 0) is 27.3 Å². The summed E-state index contributed by atoms with van der Waals surface area (Å²) in [7, 11) is 0. The molecule has 2 amide bonds. The molecule has 174 valence electrons. The summed E-state index contributed by atoms with van der Waals surface area (Å²) in [5.74, 6) is -0.0586. The zero-order chi connectivity index (χ0) is 22.4. The highest BCUT2D eigenvalue weighted by Crippen LogP contribution is 2.20. The number of amides is 2. The molecule has 2 aromatic rings. The van der Waals surface area contributed by atoms with Gasteiger partial charge in [-0.25, -0.2) is 4.79 Å². The molecule has 1 aliphatic heterocycles. The minimum absolute atomic E-state index is 0. The third-order valence-electron chi connectivity index (χ3n) is 5.15. The van der Waals surface area contributed by atoms with Crippen molar-refractivity contribution < 1.29 is 24.2 Å². The highest BCUT2D eigenvalue weighted by molar-refractivity contribution is 5.90. The Kier molecular flexibility index (Phi) is 8.86. The van der Waals surface area contributed by atoms with Gasteiger partial charge < -0.3 is 24.8 Å². The van der Waals surface area contributed by atoms with Gasteiger partial charge in [-0.05, 0) is 56.2 Å². The van der Waals surface area contributed by atoms with Crippen molar-refractivity contribution >= 4 is 24.4 Å². The average molecular weight is 464 g/mol. The molecule has 1 fully saturated rings. The molecular weight excluding hydrogens is 434 g/mol. The number of pyridine rings is 1. The van der Waals surface area contributed by atoms with Gasteiger partial charge >= 0.3 is 6.09 Å². The van der Waals surface area contributed by atoms with Gasteiger partial charge in [0.1, 0.15) is 17.9 Å². The van der Waals surface area contributed by atoms with E-state index in [4.69, 9.17) is 9.47 Å². The Hall–Kier alpha value is -2.84. The zero-order valence-corrected chi connectivity index (χ0v) is 19.4. The van der Waals surface area contributed by atoms with Crippen LogP contribution >= 0.6 is 12.4 Å². The first kappa shape index (κ1) is 25.4. The lowest BCUT2D eigenvalue weighted by Gasteiger charge is -2.36. The van der Waals surface area contributed by atoms with Crippen LogP contribution in [0.4, 0.5) is 4.79 Å². The highest BCUT2D eigenvalue weighted by Gasteiger charge is 2.39. The Bertz CT molecular complexity index is 911. The smallest absolute Gasteiger partial charge is 0.408 e. The number of aryl methyl sites for hydroxylation is 2. The van der Waals surface area contributed by atoms with E-state index in [1.54, 1.807) is 36.1 Å². The predicted molar refractivity (Wildman–Crippen MR) is 122 cm³/mol. The molecule has 0 bridgehead atoms. The largest absolute Gasteiger partial charge is 0.508 e. The van der Waals surface area contributed by atoms with Crippen LogP contribution in [0.3, 0.4) is 0 Å². The van der Waals surface area contributed by atoms with Gasteiger partial charge in [0.2, 0.25) is 5.91 Å². The van der Waals surface area contributed by atoms with E-state index >= 15 is 0 Å². The third kappa shape index (κ3) is 6.83. The van der Waals surface area contributed by atoms with Crippen molar-refractivity contribution in [3.05, 3.63) is 58.9 Å².